The molecule has 0 amide bonds. The summed E-state index contributed by atoms with van der Waals surface area (Å²) in [5, 5.41) is 9.74. The van der Waals surface area contributed by atoms with Crippen LogP contribution in [0.2, 0.25) is 0 Å². The molecule has 3 nitrogen and oxygen atoms in total. The van der Waals surface area contributed by atoms with Crippen LogP contribution in [0.1, 0.15) is 38.9 Å². The standard InChI is InChI=1S/C12H18O3S/c1-3-5-6-7-9-12(13)10(16)8-11(15-9)14-4-2/h8,13H,3-7H2,1-2H3. The number of unbranched alkanes of at least 4 members (excludes halogenated alkanes) is 2. The smallest absolute Gasteiger partial charge is 0.286 e. The fourth-order valence-corrected chi connectivity index (χ4v) is 1.64. The maximum atomic E-state index is 9.74. The molecule has 0 bridgehead atoms. The average molecular weight is 242 g/mol. The summed E-state index contributed by atoms with van der Waals surface area (Å²) >= 11 is 5.03. The lowest BCUT2D eigenvalue weighted by atomic mass is 10.1. The van der Waals surface area contributed by atoms with Crippen LogP contribution in [-0.2, 0) is 6.42 Å². The van der Waals surface area contributed by atoms with Gasteiger partial charge < -0.3 is 14.3 Å². The largest absolute Gasteiger partial charge is 0.503 e. The molecular weight excluding hydrogens is 224 g/mol. The molecular formula is C12H18O3S. The summed E-state index contributed by atoms with van der Waals surface area (Å²) in [7, 11) is 0. The minimum Gasteiger partial charge on any atom is -0.503 e. The first-order valence-electron chi connectivity index (χ1n) is 5.67. The van der Waals surface area contributed by atoms with Gasteiger partial charge in [0.2, 0.25) is 0 Å². The molecule has 16 heavy (non-hydrogen) atoms. The quantitative estimate of drug-likeness (QED) is 0.608. The predicted octanol–water partition coefficient (Wildman–Crippen LogP) is 3.85. The minimum absolute atomic E-state index is 0.0783. The molecule has 0 fully saturated rings. The van der Waals surface area contributed by atoms with E-state index in [-0.39, 0.29) is 5.75 Å². The number of hydrogen-bond acceptors (Lipinski definition) is 4. The van der Waals surface area contributed by atoms with Gasteiger partial charge in [0.05, 0.1) is 11.1 Å². The molecule has 90 valence electrons. The lowest BCUT2D eigenvalue weighted by Gasteiger charge is -2.07. The second-order valence-electron chi connectivity index (χ2n) is 3.59. The van der Waals surface area contributed by atoms with Crippen LogP contribution in [0.5, 0.6) is 11.7 Å². The van der Waals surface area contributed by atoms with Crippen molar-refractivity contribution in [2.24, 2.45) is 0 Å². The van der Waals surface area contributed by atoms with Crippen molar-refractivity contribution in [2.75, 3.05) is 6.61 Å². The van der Waals surface area contributed by atoms with Crippen molar-refractivity contribution in [1.29, 1.82) is 0 Å². The second-order valence-corrected chi connectivity index (χ2v) is 4.03. The van der Waals surface area contributed by atoms with Gasteiger partial charge in [-0.25, -0.2) is 0 Å². The molecule has 0 radical (unpaired) electrons. The third-order valence-electron chi connectivity index (χ3n) is 2.26. The number of aryl methyl sites for hydroxylation is 1. The number of ether oxygens (including phenoxy) is 1. The van der Waals surface area contributed by atoms with Crippen LogP contribution < -0.4 is 4.74 Å². The van der Waals surface area contributed by atoms with Gasteiger partial charge >= 0.3 is 0 Å². The molecule has 1 aromatic rings. The van der Waals surface area contributed by atoms with Crippen molar-refractivity contribution in [3.63, 3.8) is 0 Å². The van der Waals surface area contributed by atoms with Crippen molar-refractivity contribution in [1.82, 2.24) is 0 Å². The topological polar surface area (TPSA) is 42.6 Å². The zero-order valence-electron chi connectivity index (χ0n) is 9.78. The van der Waals surface area contributed by atoms with E-state index in [2.05, 4.69) is 6.92 Å². The van der Waals surface area contributed by atoms with E-state index in [1.54, 1.807) is 0 Å². The van der Waals surface area contributed by atoms with E-state index in [4.69, 9.17) is 21.4 Å². The second kappa shape index (κ2) is 6.53. The van der Waals surface area contributed by atoms with E-state index in [1.165, 1.54) is 6.07 Å². The van der Waals surface area contributed by atoms with Gasteiger partial charge in [-0.2, -0.15) is 0 Å². The Morgan fingerprint density at radius 3 is 2.75 bits per heavy atom. The Balaban J connectivity index is 2.84. The van der Waals surface area contributed by atoms with Gasteiger partial charge in [0.25, 0.3) is 5.95 Å². The van der Waals surface area contributed by atoms with Gasteiger partial charge in [-0.3, -0.25) is 0 Å². The van der Waals surface area contributed by atoms with Gasteiger partial charge in [0.15, 0.2) is 11.5 Å². The Morgan fingerprint density at radius 1 is 1.38 bits per heavy atom. The highest BCUT2D eigenvalue weighted by molar-refractivity contribution is 7.71. The zero-order chi connectivity index (χ0) is 12.0. The van der Waals surface area contributed by atoms with Gasteiger partial charge in [0, 0.05) is 12.5 Å². The van der Waals surface area contributed by atoms with Crippen LogP contribution in [0.3, 0.4) is 0 Å². The molecule has 0 saturated carbocycles. The molecule has 1 aromatic heterocycles. The van der Waals surface area contributed by atoms with Crippen LogP contribution >= 0.6 is 12.2 Å². The van der Waals surface area contributed by atoms with Gasteiger partial charge in [0.1, 0.15) is 0 Å². The zero-order valence-corrected chi connectivity index (χ0v) is 10.6. The fourth-order valence-electron chi connectivity index (χ4n) is 1.43. The van der Waals surface area contributed by atoms with Gasteiger partial charge in [-0.1, -0.05) is 32.0 Å². The number of hydrogen-bond donors (Lipinski definition) is 1. The Bertz CT molecular complexity index is 384. The first kappa shape index (κ1) is 13.0. The Hall–Kier alpha value is -1.03. The molecule has 0 aromatic carbocycles. The minimum atomic E-state index is 0.0783. The lowest BCUT2D eigenvalue weighted by molar-refractivity contribution is 0.235. The summed E-state index contributed by atoms with van der Waals surface area (Å²) < 4.78 is 11.1. The Kier molecular flexibility index (Phi) is 5.32. The van der Waals surface area contributed by atoms with Crippen LogP contribution in [0.25, 0.3) is 0 Å². The molecule has 0 spiro atoms. The van der Waals surface area contributed by atoms with Crippen molar-refractivity contribution >= 4 is 12.2 Å². The van der Waals surface area contributed by atoms with Crippen LogP contribution in [0.4, 0.5) is 0 Å². The molecule has 0 aliphatic heterocycles. The SMILES string of the molecule is CCCCCc1oc(OCC)cc(=S)c1O. The molecule has 0 aliphatic carbocycles. The molecule has 1 rings (SSSR count). The highest BCUT2D eigenvalue weighted by Gasteiger charge is 2.09. The first-order chi connectivity index (χ1) is 7.69. The highest BCUT2D eigenvalue weighted by atomic mass is 32.1. The van der Waals surface area contributed by atoms with Crippen molar-refractivity contribution in [3.8, 4) is 11.7 Å². The summed E-state index contributed by atoms with van der Waals surface area (Å²) in [6, 6.07) is 1.54. The fraction of sp³-hybridized carbons (Fsp3) is 0.583. The maximum absolute atomic E-state index is 9.74. The average Bonchev–Trinajstić information content (AvgIpc) is 2.25. The summed E-state index contributed by atoms with van der Waals surface area (Å²) in [6.07, 6.45) is 3.93. The molecule has 0 saturated heterocycles. The summed E-state index contributed by atoms with van der Waals surface area (Å²) in [5.41, 5.74) is 0. The number of aromatic hydroxyl groups is 1. The molecule has 1 N–H and O–H groups in total. The Labute approximate surface area is 101 Å². The lowest BCUT2D eigenvalue weighted by Crippen LogP contribution is -1.94. The molecule has 1 heterocycles. The molecule has 0 aliphatic rings. The number of rotatable bonds is 6. The molecule has 0 atom stereocenters. The van der Waals surface area contributed by atoms with Gasteiger partial charge in [-0.15, -0.1) is 0 Å². The van der Waals surface area contributed by atoms with E-state index < -0.39 is 0 Å². The molecule has 0 unspecified atom stereocenters. The third-order valence-corrected chi connectivity index (χ3v) is 2.58. The van der Waals surface area contributed by atoms with E-state index in [9.17, 15) is 5.11 Å². The third kappa shape index (κ3) is 3.52. The Morgan fingerprint density at radius 2 is 2.12 bits per heavy atom. The van der Waals surface area contributed by atoms with Gasteiger partial charge in [-0.05, 0) is 13.3 Å². The summed E-state index contributed by atoms with van der Waals surface area (Å²) in [4.78, 5) is 0. The van der Waals surface area contributed by atoms with Crippen molar-refractivity contribution in [3.05, 3.63) is 16.3 Å². The predicted molar refractivity (Wildman–Crippen MR) is 65.6 cm³/mol. The summed E-state index contributed by atoms with van der Waals surface area (Å²) in [5.74, 6) is 0.996. The normalized spacial score (nSPS) is 10.4. The van der Waals surface area contributed by atoms with E-state index in [0.29, 0.717) is 29.2 Å². The highest BCUT2D eigenvalue weighted by Crippen LogP contribution is 2.26. The first-order valence-corrected chi connectivity index (χ1v) is 6.08. The molecule has 4 heteroatoms. The van der Waals surface area contributed by atoms with E-state index in [1.807, 2.05) is 6.92 Å². The van der Waals surface area contributed by atoms with Crippen LogP contribution in [0, 0.1) is 4.51 Å². The van der Waals surface area contributed by atoms with Crippen LogP contribution in [0.15, 0.2) is 10.5 Å². The van der Waals surface area contributed by atoms with Crippen LogP contribution in [-0.4, -0.2) is 11.7 Å². The maximum Gasteiger partial charge on any atom is 0.286 e. The van der Waals surface area contributed by atoms with Crippen molar-refractivity contribution < 1.29 is 14.3 Å². The monoisotopic (exact) mass is 242 g/mol. The van der Waals surface area contributed by atoms with E-state index in [0.717, 1.165) is 19.3 Å². The van der Waals surface area contributed by atoms with Crippen molar-refractivity contribution in [2.45, 2.75) is 39.5 Å². The van der Waals surface area contributed by atoms with E-state index >= 15 is 0 Å². The summed E-state index contributed by atoms with van der Waals surface area (Å²) in [6.45, 7) is 4.53.